The van der Waals surface area contributed by atoms with E-state index in [9.17, 15) is 29.4 Å². The summed E-state index contributed by atoms with van der Waals surface area (Å²) >= 11 is 0. The second-order valence-corrected chi connectivity index (χ2v) is 9.42. The lowest BCUT2D eigenvalue weighted by molar-refractivity contribution is -0.150. The minimum absolute atomic E-state index is 0.0705. The molecule has 0 aromatic heterocycles. The maximum Gasteiger partial charge on any atom is 0.326 e. The minimum Gasteiger partial charge on any atom is -0.480 e. The van der Waals surface area contributed by atoms with E-state index in [1.165, 1.54) is 4.90 Å². The van der Waals surface area contributed by atoms with Crippen LogP contribution < -0.4 is 16.4 Å². The first kappa shape index (κ1) is 28.3. The van der Waals surface area contributed by atoms with Crippen molar-refractivity contribution in [2.24, 2.45) is 11.7 Å². The van der Waals surface area contributed by atoms with Crippen LogP contribution in [0.1, 0.15) is 62.7 Å². The van der Waals surface area contributed by atoms with Crippen molar-refractivity contribution in [3.63, 3.8) is 0 Å². The first-order chi connectivity index (χ1) is 16.6. The van der Waals surface area contributed by atoms with Crippen LogP contribution >= 0.6 is 0 Å². The molecule has 10 heteroatoms. The van der Waals surface area contributed by atoms with Crippen LogP contribution in [0.2, 0.25) is 0 Å². The lowest BCUT2D eigenvalue weighted by Gasteiger charge is -2.33. The highest BCUT2D eigenvalue weighted by Crippen LogP contribution is 2.21. The Morgan fingerprint density at radius 3 is 2.37 bits per heavy atom. The molecule has 0 radical (unpaired) electrons. The molecule has 2 unspecified atom stereocenters. The zero-order valence-corrected chi connectivity index (χ0v) is 20.5. The molecule has 0 spiro atoms. The van der Waals surface area contributed by atoms with Crippen LogP contribution in [0.4, 0.5) is 0 Å². The van der Waals surface area contributed by atoms with Gasteiger partial charge in [-0.2, -0.15) is 0 Å². The Morgan fingerprint density at radius 2 is 1.80 bits per heavy atom. The number of rotatable bonds is 14. The van der Waals surface area contributed by atoms with Gasteiger partial charge < -0.3 is 26.2 Å². The average Bonchev–Trinajstić information content (AvgIpc) is 3.31. The highest BCUT2D eigenvalue weighted by Gasteiger charge is 2.40. The molecule has 10 nitrogen and oxygen atoms in total. The van der Waals surface area contributed by atoms with Crippen molar-refractivity contribution in [2.75, 3.05) is 13.1 Å². The Morgan fingerprint density at radius 1 is 1.11 bits per heavy atom. The Bertz CT molecular complexity index is 863. The number of benzene rings is 1. The number of hydrogen-bond donors (Lipinski definition) is 5. The molecule has 1 aromatic carbocycles. The van der Waals surface area contributed by atoms with Crippen LogP contribution in [-0.2, 0) is 14.4 Å². The molecule has 6 N–H and O–H groups in total. The summed E-state index contributed by atoms with van der Waals surface area (Å²) in [5, 5.41) is 25.4. The fraction of sp³-hybridized carbons (Fsp3) is 0.600. The molecule has 1 fully saturated rings. The van der Waals surface area contributed by atoms with Crippen LogP contribution in [0.15, 0.2) is 30.3 Å². The second kappa shape index (κ2) is 13.8. The van der Waals surface area contributed by atoms with Gasteiger partial charge in [0.15, 0.2) is 0 Å². The molecule has 1 heterocycles. The number of aliphatic carboxylic acids is 2. The summed E-state index contributed by atoms with van der Waals surface area (Å²) in [6, 6.07) is 4.64. The topological polar surface area (TPSA) is 162 Å². The molecule has 2 rings (SSSR count). The third-order valence-corrected chi connectivity index (χ3v) is 6.19. The van der Waals surface area contributed by atoms with Gasteiger partial charge in [0.1, 0.15) is 12.1 Å². The maximum atomic E-state index is 13.4. The molecule has 194 valence electrons. The van der Waals surface area contributed by atoms with E-state index in [1.54, 1.807) is 30.3 Å². The zero-order valence-electron chi connectivity index (χ0n) is 20.5. The van der Waals surface area contributed by atoms with Crippen LogP contribution in [0, 0.1) is 5.92 Å². The number of nitrogens with zero attached hydrogens (tertiary/aromatic N) is 1. The Balaban J connectivity index is 2.29. The fourth-order valence-electron chi connectivity index (χ4n) is 4.46. The summed E-state index contributed by atoms with van der Waals surface area (Å²) in [6.45, 7) is 4.58. The Hall–Kier alpha value is -2.98. The van der Waals surface area contributed by atoms with Crippen molar-refractivity contribution in [2.45, 2.75) is 76.5 Å². The van der Waals surface area contributed by atoms with Crippen molar-refractivity contribution in [3.05, 3.63) is 35.9 Å². The first-order valence-electron chi connectivity index (χ1n) is 12.2. The molecule has 0 aliphatic carbocycles. The predicted octanol–water partition coefficient (Wildman–Crippen LogP) is 1.45. The van der Waals surface area contributed by atoms with Gasteiger partial charge in [0.2, 0.25) is 5.91 Å². The number of amides is 2. The van der Waals surface area contributed by atoms with Gasteiger partial charge in [-0.15, -0.1) is 0 Å². The quantitative estimate of drug-likeness (QED) is 0.245. The second-order valence-electron chi connectivity index (χ2n) is 9.42. The van der Waals surface area contributed by atoms with Crippen LogP contribution in [-0.4, -0.2) is 76.1 Å². The summed E-state index contributed by atoms with van der Waals surface area (Å²) < 4.78 is 0. The number of carboxylic acid groups (broad SMARTS) is 2. The molecule has 2 amide bonds. The molecule has 0 saturated carbocycles. The largest absolute Gasteiger partial charge is 0.480 e. The molecule has 1 aliphatic rings. The summed E-state index contributed by atoms with van der Waals surface area (Å²) in [7, 11) is 0. The van der Waals surface area contributed by atoms with E-state index < -0.39 is 47.9 Å². The fourth-order valence-corrected chi connectivity index (χ4v) is 4.46. The summed E-state index contributed by atoms with van der Waals surface area (Å²) in [4.78, 5) is 51.6. The van der Waals surface area contributed by atoms with Crippen LogP contribution in [0.5, 0.6) is 0 Å². The zero-order chi connectivity index (χ0) is 26.0. The highest BCUT2D eigenvalue weighted by molar-refractivity contribution is 5.95. The maximum absolute atomic E-state index is 13.4. The lowest BCUT2D eigenvalue weighted by Crippen LogP contribution is -2.60. The van der Waals surface area contributed by atoms with E-state index in [4.69, 9.17) is 5.73 Å². The van der Waals surface area contributed by atoms with Crippen molar-refractivity contribution in [3.8, 4) is 0 Å². The number of nitrogens with one attached hydrogen (secondary N) is 2. The van der Waals surface area contributed by atoms with E-state index in [0.29, 0.717) is 57.2 Å². The molecule has 35 heavy (non-hydrogen) atoms. The van der Waals surface area contributed by atoms with Crippen molar-refractivity contribution < 1.29 is 29.4 Å². The van der Waals surface area contributed by atoms with Gasteiger partial charge in [0, 0.05) is 12.1 Å². The molecule has 1 aromatic rings. The van der Waals surface area contributed by atoms with Crippen LogP contribution in [0.3, 0.4) is 0 Å². The third kappa shape index (κ3) is 8.32. The van der Waals surface area contributed by atoms with Gasteiger partial charge in [0.25, 0.3) is 5.91 Å². The molecule has 1 saturated heterocycles. The predicted molar refractivity (Wildman–Crippen MR) is 131 cm³/mol. The number of likely N-dealkylation sites (tertiary alicyclic amines) is 1. The van der Waals surface area contributed by atoms with Gasteiger partial charge >= 0.3 is 11.9 Å². The van der Waals surface area contributed by atoms with E-state index in [1.807, 2.05) is 13.8 Å². The lowest BCUT2D eigenvalue weighted by atomic mass is 9.95. The third-order valence-electron chi connectivity index (χ3n) is 6.19. The van der Waals surface area contributed by atoms with Crippen LogP contribution in [0.25, 0.3) is 0 Å². The summed E-state index contributed by atoms with van der Waals surface area (Å²) in [5.41, 5.74) is 6.01. The Kier molecular flexibility index (Phi) is 11.1. The number of carbonyl (C=O) groups excluding carboxylic acids is 2. The van der Waals surface area contributed by atoms with Gasteiger partial charge in [0.05, 0.1) is 12.1 Å². The normalized spacial score (nSPS) is 18.2. The minimum atomic E-state index is -1.25. The molecule has 0 bridgehead atoms. The van der Waals surface area contributed by atoms with Gasteiger partial charge in [-0.3, -0.25) is 19.7 Å². The molecular weight excluding hydrogens is 452 g/mol. The van der Waals surface area contributed by atoms with E-state index in [-0.39, 0.29) is 5.92 Å². The van der Waals surface area contributed by atoms with Crippen molar-refractivity contribution in [1.82, 2.24) is 15.5 Å². The Labute approximate surface area is 206 Å². The monoisotopic (exact) mass is 490 g/mol. The highest BCUT2D eigenvalue weighted by atomic mass is 16.4. The van der Waals surface area contributed by atoms with Gasteiger partial charge in [-0.1, -0.05) is 38.5 Å². The number of carbonyl (C=O) groups is 4. The van der Waals surface area contributed by atoms with E-state index in [2.05, 4.69) is 10.6 Å². The van der Waals surface area contributed by atoms with E-state index in [0.717, 1.165) is 0 Å². The first-order valence-corrected chi connectivity index (χ1v) is 12.2. The van der Waals surface area contributed by atoms with E-state index >= 15 is 0 Å². The van der Waals surface area contributed by atoms with Gasteiger partial charge in [-0.05, 0) is 56.7 Å². The average molecular weight is 491 g/mol. The SMILES string of the molecule is CC(C)CC(NC(=O)c1ccccc1)C(N[C@@H](CCCCN)C(=O)N1CCC[C@H]1C(=O)O)C(=O)O. The number of nitrogens with two attached hydrogens (primary N) is 1. The number of unbranched alkanes of at least 4 members (excludes halogenated alkanes) is 1. The molecule has 1 aliphatic heterocycles. The summed E-state index contributed by atoms with van der Waals surface area (Å²) in [6.07, 6.45) is 2.83. The van der Waals surface area contributed by atoms with Gasteiger partial charge in [-0.25, -0.2) is 4.79 Å². The summed E-state index contributed by atoms with van der Waals surface area (Å²) in [5.74, 6) is -3.03. The standard InChI is InChI=1S/C25H38N4O6/c1-16(2)15-19(28-22(30)17-9-4-3-5-10-17)21(25(34)35)27-18(11-6-7-13-26)23(31)29-14-8-12-20(29)24(32)33/h3-5,9-10,16,18-21,27H,6-8,11-15,26H2,1-2H3,(H,28,30)(H,32,33)(H,34,35)/t18-,19?,20-,21?/m0/s1. The van der Waals surface area contributed by atoms with Crippen molar-refractivity contribution in [1.29, 1.82) is 0 Å². The smallest absolute Gasteiger partial charge is 0.326 e. The number of hydrogen-bond acceptors (Lipinski definition) is 6. The van der Waals surface area contributed by atoms with Crippen molar-refractivity contribution >= 4 is 23.8 Å². The molecule has 4 atom stereocenters. The number of carboxylic acids is 2. The molecular formula is C25H38N4O6.